The number of amides is 1. The molecule has 1 aromatic rings. The Bertz CT molecular complexity index is 640. The van der Waals surface area contributed by atoms with Gasteiger partial charge in [-0.1, -0.05) is 17.2 Å². The van der Waals surface area contributed by atoms with Crippen molar-refractivity contribution in [2.24, 2.45) is 5.11 Å². The van der Waals surface area contributed by atoms with Gasteiger partial charge in [-0.2, -0.15) is 0 Å². The number of alkyl carbamates (subject to hydrolysis) is 1. The summed E-state index contributed by atoms with van der Waals surface area (Å²) in [7, 11) is 0. The lowest BCUT2D eigenvalue weighted by molar-refractivity contribution is 0.0388. The number of ether oxygens (including phenoxy) is 4. The van der Waals surface area contributed by atoms with Crippen LogP contribution in [0.5, 0.6) is 5.75 Å². The van der Waals surface area contributed by atoms with E-state index in [4.69, 9.17) is 24.5 Å². The molecule has 0 radical (unpaired) electrons. The van der Waals surface area contributed by atoms with E-state index < -0.39 is 5.60 Å². The number of unbranched alkanes of at least 4 members (excludes halogenated alkanes) is 1. The predicted octanol–water partition coefficient (Wildman–Crippen LogP) is 4.26. The van der Waals surface area contributed by atoms with Crippen LogP contribution in [0, 0.1) is 0 Å². The summed E-state index contributed by atoms with van der Waals surface area (Å²) in [4.78, 5) is 14.2. The van der Waals surface area contributed by atoms with Crippen molar-refractivity contribution in [2.75, 3.05) is 46.1 Å². The van der Waals surface area contributed by atoms with Crippen LogP contribution in [0.3, 0.4) is 0 Å². The third-order valence-electron chi connectivity index (χ3n) is 3.75. The van der Waals surface area contributed by atoms with Gasteiger partial charge in [-0.05, 0) is 63.3 Å². The number of rotatable bonds is 15. The molecule has 1 rings (SSSR count). The van der Waals surface area contributed by atoms with Crippen molar-refractivity contribution in [3.05, 3.63) is 40.3 Å². The van der Waals surface area contributed by atoms with Crippen LogP contribution in [0.4, 0.5) is 4.79 Å². The summed E-state index contributed by atoms with van der Waals surface area (Å²) in [6.45, 7) is 8.76. The van der Waals surface area contributed by atoms with Gasteiger partial charge in [0.1, 0.15) is 18.0 Å². The van der Waals surface area contributed by atoms with Crippen LogP contribution >= 0.6 is 0 Å². The third-order valence-corrected chi connectivity index (χ3v) is 3.75. The molecule has 9 heteroatoms. The van der Waals surface area contributed by atoms with Crippen LogP contribution in [0.2, 0.25) is 0 Å². The van der Waals surface area contributed by atoms with E-state index in [0.29, 0.717) is 46.1 Å². The summed E-state index contributed by atoms with van der Waals surface area (Å²) in [6.07, 6.45) is 2.45. The van der Waals surface area contributed by atoms with Crippen molar-refractivity contribution in [3.8, 4) is 5.75 Å². The Labute approximate surface area is 178 Å². The van der Waals surface area contributed by atoms with Gasteiger partial charge in [-0.15, -0.1) is 0 Å². The number of aryl methyl sites for hydroxylation is 1. The molecule has 1 amide bonds. The van der Waals surface area contributed by atoms with Gasteiger partial charge in [0.2, 0.25) is 0 Å². The van der Waals surface area contributed by atoms with E-state index in [0.717, 1.165) is 25.0 Å². The van der Waals surface area contributed by atoms with Crippen molar-refractivity contribution in [2.45, 2.75) is 45.6 Å². The van der Waals surface area contributed by atoms with E-state index in [1.54, 1.807) is 0 Å². The van der Waals surface area contributed by atoms with Crippen LogP contribution in [0.1, 0.15) is 39.2 Å². The number of hydrogen-bond acceptors (Lipinski definition) is 6. The highest BCUT2D eigenvalue weighted by atomic mass is 16.6. The molecule has 1 aromatic carbocycles. The molecule has 0 saturated heterocycles. The fourth-order valence-corrected chi connectivity index (χ4v) is 2.40. The predicted molar refractivity (Wildman–Crippen MR) is 115 cm³/mol. The van der Waals surface area contributed by atoms with Crippen molar-refractivity contribution in [1.29, 1.82) is 0 Å². The number of nitrogens with one attached hydrogen (secondary N) is 1. The standard InChI is InChI=1S/C21H34N4O5/c1-21(2,3)30-20(26)23-11-5-4-6-18-7-9-19(10-8-18)29-17-16-28-15-14-27-13-12-24-25-22/h7-10H,4-6,11-17H2,1-3H3,(H,23,26). The molecule has 0 bridgehead atoms. The van der Waals surface area contributed by atoms with Crippen LogP contribution in [0.25, 0.3) is 10.4 Å². The number of hydrogen-bond donors (Lipinski definition) is 1. The summed E-state index contributed by atoms with van der Waals surface area (Å²) < 4.78 is 21.5. The first-order chi connectivity index (χ1) is 14.4. The molecule has 0 saturated carbocycles. The maximum absolute atomic E-state index is 11.6. The summed E-state index contributed by atoms with van der Waals surface area (Å²) in [5.41, 5.74) is 8.89. The summed E-state index contributed by atoms with van der Waals surface area (Å²) in [5, 5.41) is 6.14. The van der Waals surface area contributed by atoms with Crippen LogP contribution in [-0.4, -0.2) is 57.8 Å². The van der Waals surface area contributed by atoms with Crippen molar-refractivity contribution >= 4 is 6.09 Å². The quantitative estimate of drug-likeness (QED) is 0.196. The molecular weight excluding hydrogens is 388 g/mol. The molecule has 168 valence electrons. The van der Waals surface area contributed by atoms with Crippen LogP contribution in [-0.2, 0) is 20.6 Å². The number of nitrogens with zero attached hydrogens (tertiary/aromatic N) is 3. The SMILES string of the molecule is CC(C)(C)OC(=O)NCCCCc1ccc(OCCOCCOCCN=[N+]=[N-])cc1. The highest BCUT2D eigenvalue weighted by molar-refractivity contribution is 5.67. The lowest BCUT2D eigenvalue weighted by atomic mass is 10.1. The van der Waals surface area contributed by atoms with E-state index in [1.807, 2.05) is 32.9 Å². The Kier molecular flexibility index (Phi) is 13.1. The number of benzene rings is 1. The second kappa shape index (κ2) is 15.4. The zero-order chi connectivity index (χ0) is 22.1. The molecule has 0 unspecified atom stereocenters. The lowest BCUT2D eigenvalue weighted by Crippen LogP contribution is -2.33. The molecule has 0 aliphatic rings. The maximum Gasteiger partial charge on any atom is 0.407 e. The minimum atomic E-state index is -0.469. The van der Waals surface area contributed by atoms with Gasteiger partial charge in [0.05, 0.1) is 26.4 Å². The van der Waals surface area contributed by atoms with Crippen molar-refractivity contribution in [1.82, 2.24) is 5.32 Å². The lowest BCUT2D eigenvalue weighted by Gasteiger charge is -2.19. The van der Waals surface area contributed by atoms with Gasteiger partial charge >= 0.3 is 6.09 Å². The second-order valence-corrected chi connectivity index (χ2v) is 7.56. The fourth-order valence-electron chi connectivity index (χ4n) is 2.40. The van der Waals surface area contributed by atoms with Crippen LogP contribution < -0.4 is 10.1 Å². The Morgan fingerprint density at radius 1 is 1.03 bits per heavy atom. The largest absolute Gasteiger partial charge is 0.491 e. The first kappa shape index (κ1) is 25.6. The Morgan fingerprint density at radius 2 is 1.70 bits per heavy atom. The first-order valence-electron chi connectivity index (χ1n) is 10.3. The molecule has 30 heavy (non-hydrogen) atoms. The number of azide groups is 1. The molecule has 0 heterocycles. The number of carbonyl (C=O) groups excluding carboxylic acids is 1. The molecule has 0 spiro atoms. The zero-order valence-electron chi connectivity index (χ0n) is 18.3. The normalized spacial score (nSPS) is 10.9. The minimum Gasteiger partial charge on any atom is -0.491 e. The van der Waals surface area contributed by atoms with E-state index in [9.17, 15) is 4.79 Å². The molecule has 1 N–H and O–H groups in total. The highest BCUT2D eigenvalue weighted by Crippen LogP contribution is 2.14. The average molecular weight is 423 g/mol. The summed E-state index contributed by atoms with van der Waals surface area (Å²) in [6, 6.07) is 8.00. The van der Waals surface area contributed by atoms with Gasteiger partial charge in [0, 0.05) is 18.0 Å². The van der Waals surface area contributed by atoms with E-state index in [-0.39, 0.29) is 6.09 Å². The average Bonchev–Trinajstić information content (AvgIpc) is 2.69. The molecular formula is C21H34N4O5. The van der Waals surface area contributed by atoms with Gasteiger partial charge in [-0.3, -0.25) is 0 Å². The molecule has 0 aromatic heterocycles. The molecule has 0 fully saturated rings. The third kappa shape index (κ3) is 14.5. The zero-order valence-corrected chi connectivity index (χ0v) is 18.3. The Morgan fingerprint density at radius 3 is 2.37 bits per heavy atom. The van der Waals surface area contributed by atoms with Crippen LogP contribution in [0.15, 0.2) is 29.4 Å². The monoisotopic (exact) mass is 422 g/mol. The Balaban J connectivity index is 2.03. The van der Waals surface area contributed by atoms with Crippen molar-refractivity contribution < 1.29 is 23.7 Å². The maximum atomic E-state index is 11.6. The molecule has 9 nitrogen and oxygen atoms in total. The first-order valence-corrected chi connectivity index (χ1v) is 10.3. The minimum absolute atomic E-state index is 0.332. The fraction of sp³-hybridized carbons (Fsp3) is 0.667. The second-order valence-electron chi connectivity index (χ2n) is 7.56. The molecule has 0 atom stereocenters. The van der Waals surface area contributed by atoms with Gasteiger partial charge < -0.3 is 24.3 Å². The van der Waals surface area contributed by atoms with E-state index in [2.05, 4.69) is 27.5 Å². The van der Waals surface area contributed by atoms with E-state index >= 15 is 0 Å². The van der Waals surface area contributed by atoms with Gasteiger partial charge in [0.15, 0.2) is 0 Å². The molecule has 0 aliphatic heterocycles. The van der Waals surface area contributed by atoms with Crippen molar-refractivity contribution in [3.63, 3.8) is 0 Å². The number of carbonyl (C=O) groups is 1. The highest BCUT2D eigenvalue weighted by Gasteiger charge is 2.15. The topological polar surface area (TPSA) is 115 Å². The summed E-state index contributed by atoms with van der Waals surface area (Å²) >= 11 is 0. The molecule has 0 aliphatic carbocycles. The van der Waals surface area contributed by atoms with E-state index in [1.165, 1.54) is 5.56 Å². The van der Waals surface area contributed by atoms with Gasteiger partial charge in [-0.25, -0.2) is 4.79 Å². The smallest absolute Gasteiger partial charge is 0.407 e. The Hall–Kier alpha value is -2.48. The summed E-state index contributed by atoms with van der Waals surface area (Å²) in [5.74, 6) is 0.805. The van der Waals surface area contributed by atoms with Gasteiger partial charge in [0.25, 0.3) is 0 Å².